The van der Waals surface area contributed by atoms with Crippen molar-refractivity contribution < 1.29 is 14.4 Å². The molecule has 0 fully saturated rings. The minimum atomic E-state index is -0.0146. The number of methoxy groups -OCH3 is 1. The fourth-order valence-electron chi connectivity index (χ4n) is 2.78. The number of nitrogens with one attached hydrogen (secondary N) is 1. The summed E-state index contributed by atoms with van der Waals surface area (Å²) in [6, 6.07) is 13.6. The lowest BCUT2D eigenvalue weighted by molar-refractivity contribution is -0.856. The molecule has 1 amide bonds. The Labute approximate surface area is 168 Å². The van der Waals surface area contributed by atoms with Crippen molar-refractivity contribution in [3.05, 3.63) is 48.0 Å². The van der Waals surface area contributed by atoms with E-state index in [0.717, 1.165) is 27.4 Å². The van der Waals surface area contributed by atoms with E-state index in [9.17, 15) is 4.79 Å². The quantitative estimate of drug-likeness (QED) is 0.618. The number of likely N-dealkylation sites (N-methyl/N-ethyl adjacent to an activating group) is 1. The summed E-state index contributed by atoms with van der Waals surface area (Å²) in [7, 11) is 5.81. The fourth-order valence-corrected chi connectivity index (χ4v) is 4.38. The van der Waals surface area contributed by atoms with E-state index in [2.05, 4.69) is 14.1 Å². The summed E-state index contributed by atoms with van der Waals surface area (Å²) in [5.74, 6) is 0.712. The number of ether oxygens (including phenoxy) is 1. The van der Waals surface area contributed by atoms with Crippen LogP contribution in [0, 0.1) is 0 Å². The number of thiazole rings is 1. The third kappa shape index (κ3) is 4.26. The summed E-state index contributed by atoms with van der Waals surface area (Å²) in [6.45, 7) is 1.44. The number of hydrogen-bond acceptors (Lipinski definition) is 5. The molecule has 1 aromatic heterocycles. The molecule has 1 N–H and O–H groups in total. The van der Waals surface area contributed by atoms with Gasteiger partial charge < -0.3 is 9.64 Å². The lowest BCUT2D eigenvalue weighted by atomic mass is 10.2. The van der Waals surface area contributed by atoms with Crippen LogP contribution in [-0.2, 0) is 0 Å². The van der Waals surface area contributed by atoms with Crippen molar-refractivity contribution in [2.75, 3.05) is 45.5 Å². The number of amides is 1. The minimum absolute atomic E-state index is 0.0146. The van der Waals surface area contributed by atoms with Crippen LogP contribution >= 0.6 is 23.1 Å². The first-order valence-corrected chi connectivity index (χ1v) is 10.8. The molecule has 142 valence electrons. The molecular formula is C20H24N3O2S2+. The van der Waals surface area contributed by atoms with Crippen LogP contribution in [-0.4, -0.2) is 51.4 Å². The van der Waals surface area contributed by atoms with E-state index < -0.39 is 0 Å². The molecule has 3 aromatic rings. The van der Waals surface area contributed by atoms with Gasteiger partial charge >= 0.3 is 0 Å². The largest absolute Gasteiger partial charge is 0.494 e. The molecule has 0 bridgehead atoms. The van der Waals surface area contributed by atoms with Crippen molar-refractivity contribution in [1.29, 1.82) is 0 Å². The van der Waals surface area contributed by atoms with Crippen LogP contribution in [0.1, 0.15) is 10.4 Å². The summed E-state index contributed by atoms with van der Waals surface area (Å²) in [5.41, 5.74) is 1.51. The molecule has 2 aromatic carbocycles. The summed E-state index contributed by atoms with van der Waals surface area (Å²) in [5, 5.41) is 0.705. The van der Waals surface area contributed by atoms with Crippen molar-refractivity contribution in [2.45, 2.75) is 4.90 Å². The van der Waals surface area contributed by atoms with Gasteiger partial charge in [-0.15, -0.1) is 11.8 Å². The number of fused-ring (bicyclic) bond motifs is 1. The van der Waals surface area contributed by atoms with Gasteiger partial charge in [-0.2, -0.15) is 0 Å². The van der Waals surface area contributed by atoms with Gasteiger partial charge in [0.1, 0.15) is 11.3 Å². The van der Waals surface area contributed by atoms with Gasteiger partial charge in [0.25, 0.3) is 5.91 Å². The number of thioether (sulfide) groups is 1. The van der Waals surface area contributed by atoms with Gasteiger partial charge in [0.05, 0.1) is 44.6 Å². The smallest absolute Gasteiger partial charge is 0.261 e. The number of carbonyl (C=O) groups is 1. The topological polar surface area (TPSA) is 46.9 Å². The Morgan fingerprint density at radius 1 is 1.22 bits per heavy atom. The predicted molar refractivity (Wildman–Crippen MR) is 114 cm³/mol. The average Bonchev–Trinajstić information content (AvgIpc) is 3.11. The second kappa shape index (κ2) is 8.73. The zero-order chi connectivity index (χ0) is 19.4. The maximum atomic E-state index is 13.4. The third-order valence-electron chi connectivity index (χ3n) is 4.24. The molecule has 0 atom stereocenters. The Morgan fingerprint density at radius 3 is 2.70 bits per heavy atom. The highest BCUT2D eigenvalue weighted by molar-refractivity contribution is 7.98. The highest BCUT2D eigenvalue weighted by Gasteiger charge is 2.24. The van der Waals surface area contributed by atoms with Gasteiger partial charge in [-0.3, -0.25) is 9.69 Å². The van der Waals surface area contributed by atoms with Crippen LogP contribution in [0.2, 0.25) is 0 Å². The first kappa shape index (κ1) is 19.7. The minimum Gasteiger partial charge on any atom is -0.494 e. The molecule has 7 heteroatoms. The van der Waals surface area contributed by atoms with E-state index in [4.69, 9.17) is 9.72 Å². The molecule has 5 nitrogen and oxygen atoms in total. The number of aromatic nitrogens is 1. The maximum absolute atomic E-state index is 13.4. The van der Waals surface area contributed by atoms with E-state index >= 15 is 0 Å². The number of rotatable bonds is 7. The van der Waals surface area contributed by atoms with Crippen molar-refractivity contribution in [3.8, 4) is 5.75 Å². The molecule has 0 saturated heterocycles. The van der Waals surface area contributed by atoms with Crippen LogP contribution in [0.15, 0.2) is 47.4 Å². The molecule has 27 heavy (non-hydrogen) atoms. The molecule has 0 aliphatic rings. The van der Waals surface area contributed by atoms with Crippen LogP contribution in [0.5, 0.6) is 5.75 Å². The number of hydrogen-bond donors (Lipinski definition) is 1. The monoisotopic (exact) mass is 402 g/mol. The molecule has 0 radical (unpaired) electrons. The van der Waals surface area contributed by atoms with Gasteiger partial charge in [0.15, 0.2) is 5.13 Å². The lowest BCUT2D eigenvalue weighted by Gasteiger charge is -2.21. The van der Waals surface area contributed by atoms with Gasteiger partial charge in [-0.05, 0) is 30.5 Å². The highest BCUT2D eigenvalue weighted by Crippen LogP contribution is 2.35. The number of quaternary nitrogens is 1. The van der Waals surface area contributed by atoms with Gasteiger partial charge in [-0.25, -0.2) is 4.98 Å². The Bertz CT molecular complexity index is 940. The van der Waals surface area contributed by atoms with Gasteiger partial charge in [-0.1, -0.05) is 29.5 Å². The highest BCUT2D eigenvalue weighted by atomic mass is 32.2. The number of nitrogens with zero attached hydrogens (tertiary/aromatic N) is 2. The third-order valence-corrected chi connectivity index (χ3v) is 6.08. The van der Waals surface area contributed by atoms with Crippen LogP contribution in [0.4, 0.5) is 5.13 Å². The van der Waals surface area contributed by atoms with E-state index in [1.54, 1.807) is 23.8 Å². The van der Waals surface area contributed by atoms with E-state index in [-0.39, 0.29) is 5.91 Å². The number of para-hydroxylation sites is 1. The molecule has 0 aliphatic carbocycles. The zero-order valence-electron chi connectivity index (χ0n) is 16.0. The Morgan fingerprint density at radius 2 is 2.00 bits per heavy atom. The molecule has 0 saturated carbocycles. The summed E-state index contributed by atoms with van der Waals surface area (Å²) < 4.78 is 6.45. The Hall–Kier alpha value is -2.09. The van der Waals surface area contributed by atoms with E-state index in [1.165, 1.54) is 16.2 Å². The summed E-state index contributed by atoms with van der Waals surface area (Å²) in [4.78, 5) is 22.2. The zero-order valence-corrected chi connectivity index (χ0v) is 17.6. The second-order valence-electron chi connectivity index (χ2n) is 6.42. The standard InChI is InChI=1S/C20H23N3O2S2/c1-22(2)12-13-23(19(24)14-8-5-6-10-16(14)26-4)20-21-18-15(25-3)9-7-11-17(18)27-20/h5-11H,12-13H2,1-4H3/p+1. The van der Waals surface area contributed by atoms with Crippen molar-refractivity contribution in [3.63, 3.8) is 0 Å². The average molecular weight is 403 g/mol. The molecular weight excluding hydrogens is 378 g/mol. The van der Waals surface area contributed by atoms with Crippen LogP contribution in [0.3, 0.4) is 0 Å². The van der Waals surface area contributed by atoms with Crippen molar-refractivity contribution in [2.24, 2.45) is 0 Å². The maximum Gasteiger partial charge on any atom is 0.261 e. The normalized spacial score (nSPS) is 11.1. The van der Waals surface area contributed by atoms with Crippen LogP contribution < -0.4 is 14.5 Å². The molecule has 0 spiro atoms. The predicted octanol–water partition coefficient (Wildman–Crippen LogP) is 2.82. The molecule has 3 rings (SSSR count). The van der Waals surface area contributed by atoms with Crippen molar-refractivity contribution in [1.82, 2.24) is 4.98 Å². The number of carbonyl (C=O) groups excluding carboxylic acids is 1. The first-order valence-electron chi connectivity index (χ1n) is 8.72. The molecule has 0 unspecified atom stereocenters. The summed E-state index contributed by atoms with van der Waals surface area (Å²) in [6.07, 6.45) is 1.99. The molecule has 1 heterocycles. The Kier molecular flexibility index (Phi) is 6.36. The number of benzene rings is 2. The van der Waals surface area contributed by atoms with Gasteiger partial charge in [0.2, 0.25) is 0 Å². The Balaban J connectivity index is 2.04. The molecule has 0 aliphatic heterocycles. The second-order valence-corrected chi connectivity index (χ2v) is 8.27. The fraction of sp³-hybridized carbons (Fsp3) is 0.300. The number of anilines is 1. The SMILES string of the molecule is COc1cccc2sc(N(CC[NH+](C)C)C(=O)c3ccccc3SC)nc12. The van der Waals surface area contributed by atoms with Gasteiger partial charge in [0, 0.05) is 4.90 Å². The van der Waals surface area contributed by atoms with Crippen molar-refractivity contribution >= 4 is 44.4 Å². The van der Waals surface area contributed by atoms with Crippen LogP contribution in [0.25, 0.3) is 10.2 Å². The lowest BCUT2D eigenvalue weighted by Crippen LogP contribution is -3.06. The first-order chi connectivity index (χ1) is 13.0. The van der Waals surface area contributed by atoms with E-state index in [1.807, 2.05) is 48.7 Å². The summed E-state index contributed by atoms with van der Waals surface area (Å²) >= 11 is 3.10. The van der Waals surface area contributed by atoms with E-state index in [0.29, 0.717) is 17.2 Å².